The third-order valence-corrected chi connectivity index (χ3v) is 2.87. The molecule has 1 saturated heterocycles. The molecule has 1 aliphatic rings. The van der Waals surface area contributed by atoms with E-state index >= 15 is 0 Å². The van der Waals surface area contributed by atoms with Crippen molar-refractivity contribution in [3.63, 3.8) is 0 Å². The first kappa shape index (κ1) is 13.9. The molecule has 1 aliphatic heterocycles. The third-order valence-electron chi connectivity index (χ3n) is 2.87. The monoisotopic (exact) mass is 243 g/mol. The molecular formula is C11H21N3O3. The van der Waals surface area contributed by atoms with Gasteiger partial charge in [-0.2, -0.15) is 0 Å². The van der Waals surface area contributed by atoms with E-state index in [1.54, 1.807) is 6.92 Å². The molecule has 1 fully saturated rings. The Labute approximate surface area is 101 Å². The number of carbonyl (C=O) groups excluding carboxylic acids is 2. The Morgan fingerprint density at radius 1 is 1.41 bits per heavy atom. The van der Waals surface area contributed by atoms with E-state index in [-0.39, 0.29) is 0 Å². The predicted molar refractivity (Wildman–Crippen MR) is 63.6 cm³/mol. The summed E-state index contributed by atoms with van der Waals surface area (Å²) in [5, 5.41) is 7.78. The fourth-order valence-corrected chi connectivity index (χ4v) is 1.68. The zero-order chi connectivity index (χ0) is 12.7. The third kappa shape index (κ3) is 5.14. The van der Waals surface area contributed by atoms with Crippen LogP contribution in [0.4, 0.5) is 4.79 Å². The molecule has 0 aromatic rings. The van der Waals surface area contributed by atoms with Crippen molar-refractivity contribution < 1.29 is 14.3 Å². The van der Waals surface area contributed by atoms with E-state index in [2.05, 4.69) is 16.0 Å². The van der Waals surface area contributed by atoms with E-state index in [1.165, 1.54) is 7.05 Å². The molecule has 0 spiro atoms. The van der Waals surface area contributed by atoms with Crippen molar-refractivity contribution >= 4 is 11.9 Å². The molecule has 0 bridgehead atoms. The van der Waals surface area contributed by atoms with Gasteiger partial charge in [-0.15, -0.1) is 0 Å². The van der Waals surface area contributed by atoms with Crippen LogP contribution in [0.25, 0.3) is 0 Å². The summed E-state index contributed by atoms with van der Waals surface area (Å²) in [5.74, 6) is 0.102. The molecule has 0 saturated carbocycles. The number of piperidine rings is 1. The van der Waals surface area contributed by atoms with Crippen LogP contribution in [0.2, 0.25) is 0 Å². The van der Waals surface area contributed by atoms with Crippen molar-refractivity contribution in [1.29, 1.82) is 0 Å². The van der Waals surface area contributed by atoms with Crippen LogP contribution in [0.1, 0.15) is 19.8 Å². The first-order valence-corrected chi connectivity index (χ1v) is 5.98. The van der Waals surface area contributed by atoms with Gasteiger partial charge in [-0.1, -0.05) is 0 Å². The minimum atomic E-state index is -0.595. The van der Waals surface area contributed by atoms with Crippen LogP contribution in [-0.4, -0.2) is 44.8 Å². The largest absolute Gasteiger partial charge is 0.368 e. The van der Waals surface area contributed by atoms with Crippen molar-refractivity contribution in [2.45, 2.75) is 25.9 Å². The van der Waals surface area contributed by atoms with Crippen LogP contribution in [0.3, 0.4) is 0 Å². The number of imide groups is 1. The fourth-order valence-electron chi connectivity index (χ4n) is 1.68. The molecular weight excluding hydrogens is 222 g/mol. The lowest BCUT2D eigenvalue weighted by Crippen LogP contribution is -2.43. The molecule has 6 heteroatoms. The summed E-state index contributed by atoms with van der Waals surface area (Å²) < 4.78 is 5.47. The molecule has 0 aliphatic carbocycles. The number of carbonyl (C=O) groups is 2. The molecule has 0 aromatic heterocycles. The van der Waals surface area contributed by atoms with Crippen LogP contribution in [0.5, 0.6) is 0 Å². The van der Waals surface area contributed by atoms with E-state index in [1.807, 2.05) is 0 Å². The second kappa shape index (κ2) is 7.24. The van der Waals surface area contributed by atoms with Crippen LogP contribution < -0.4 is 16.0 Å². The Morgan fingerprint density at radius 3 is 2.65 bits per heavy atom. The number of rotatable bonds is 4. The lowest BCUT2D eigenvalue weighted by Gasteiger charge is -2.23. The van der Waals surface area contributed by atoms with Crippen molar-refractivity contribution in [3.05, 3.63) is 0 Å². The Balaban J connectivity index is 2.21. The molecule has 3 amide bonds. The summed E-state index contributed by atoms with van der Waals surface area (Å²) in [6.07, 6.45) is 1.55. The van der Waals surface area contributed by atoms with E-state index in [0.29, 0.717) is 12.5 Å². The van der Waals surface area contributed by atoms with Gasteiger partial charge in [0.05, 0.1) is 6.61 Å². The first-order chi connectivity index (χ1) is 8.13. The van der Waals surface area contributed by atoms with Crippen molar-refractivity contribution in [2.24, 2.45) is 5.92 Å². The number of urea groups is 1. The molecule has 17 heavy (non-hydrogen) atoms. The highest BCUT2D eigenvalue weighted by molar-refractivity contribution is 5.96. The maximum atomic E-state index is 11.5. The molecule has 1 atom stereocenters. The molecule has 6 nitrogen and oxygen atoms in total. The standard InChI is InChI=1S/C11H21N3O3/c1-8(10(15)14-11(16)12-2)17-7-9-3-5-13-6-4-9/h8-9,13H,3-7H2,1-2H3,(H2,12,14,15,16). The van der Waals surface area contributed by atoms with E-state index in [0.717, 1.165) is 25.9 Å². The van der Waals surface area contributed by atoms with Crippen molar-refractivity contribution in [1.82, 2.24) is 16.0 Å². The summed E-state index contributed by atoms with van der Waals surface area (Å²) in [5.41, 5.74) is 0. The number of nitrogens with one attached hydrogen (secondary N) is 3. The second-order valence-electron chi connectivity index (χ2n) is 4.24. The Hall–Kier alpha value is -1.14. The highest BCUT2D eigenvalue weighted by Gasteiger charge is 2.19. The van der Waals surface area contributed by atoms with E-state index in [4.69, 9.17) is 4.74 Å². The second-order valence-corrected chi connectivity index (χ2v) is 4.24. The normalized spacial score (nSPS) is 18.5. The molecule has 98 valence electrons. The van der Waals surface area contributed by atoms with Gasteiger partial charge in [0.25, 0.3) is 5.91 Å². The highest BCUT2D eigenvalue weighted by Crippen LogP contribution is 2.12. The quantitative estimate of drug-likeness (QED) is 0.641. The zero-order valence-electron chi connectivity index (χ0n) is 10.4. The van der Waals surface area contributed by atoms with Gasteiger partial charge in [0, 0.05) is 7.05 Å². The van der Waals surface area contributed by atoms with Gasteiger partial charge < -0.3 is 15.4 Å². The zero-order valence-corrected chi connectivity index (χ0v) is 10.4. The highest BCUT2D eigenvalue weighted by atomic mass is 16.5. The SMILES string of the molecule is CNC(=O)NC(=O)C(C)OCC1CCNCC1. The lowest BCUT2D eigenvalue weighted by molar-refractivity contribution is -0.131. The Bertz CT molecular complexity index is 265. The van der Waals surface area contributed by atoms with Crippen LogP contribution in [0.15, 0.2) is 0 Å². The Morgan fingerprint density at radius 2 is 2.06 bits per heavy atom. The van der Waals surface area contributed by atoms with Gasteiger partial charge in [-0.25, -0.2) is 4.79 Å². The maximum absolute atomic E-state index is 11.5. The molecule has 1 unspecified atom stereocenters. The maximum Gasteiger partial charge on any atom is 0.321 e. The minimum absolute atomic E-state index is 0.404. The number of hydrogen-bond donors (Lipinski definition) is 3. The molecule has 0 radical (unpaired) electrons. The number of amides is 3. The first-order valence-electron chi connectivity index (χ1n) is 5.98. The Kier molecular flexibility index (Phi) is 5.93. The average molecular weight is 243 g/mol. The van der Waals surface area contributed by atoms with Crippen LogP contribution in [0, 0.1) is 5.92 Å². The van der Waals surface area contributed by atoms with Gasteiger partial charge in [0.2, 0.25) is 0 Å². The smallest absolute Gasteiger partial charge is 0.321 e. The van der Waals surface area contributed by atoms with E-state index < -0.39 is 18.0 Å². The summed E-state index contributed by atoms with van der Waals surface area (Å²) in [6.45, 7) is 4.24. The molecule has 1 heterocycles. The van der Waals surface area contributed by atoms with Crippen LogP contribution in [-0.2, 0) is 9.53 Å². The number of hydrogen-bond acceptors (Lipinski definition) is 4. The summed E-state index contributed by atoms with van der Waals surface area (Å²) in [7, 11) is 1.46. The summed E-state index contributed by atoms with van der Waals surface area (Å²) in [6, 6.07) is -0.507. The topological polar surface area (TPSA) is 79.5 Å². The summed E-state index contributed by atoms with van der Waals surface area (Å²) in [4.78, 5) is 22.4. The van der Waals surface area contributed by atoms with E-state index in [9.17, 15) is 9.59 Å². The van der Waals surface area contributed by atoms with Gasteiger partial charge >= 0.3 is 6.03 Å². The summed E-state index contributed by atoms with van der Waals surface area (Å²) >= 11 is 0. The van der Waals surface area contributed by atoms with Gasteiger partial charge in [0.15, 0.2) is 0 Å². The van der Waals surface area contributed by atoms with Crippen molar-refractivity contribution in [2.75, 3.05) is 26.7 Å². The number of ether oxygens (including phenoxy) is 1. The fraction of sp³-hybridized carbons (Fsp3) is 0.818. The van der Waals surface area contributed by atoms with Gasteiger partial charge in [-0.3, -0.25) is 10.1 Å². The lowest BCUT2D eigenvalue weighted by atomic mass is 9.99. The molecule has 3 N–H and O–H groups in total. The molecule has 1 rings (SSSR count). The van der Waals surface area contributed by atoms with Gasteiger partial charge in [-0.05, 0) is 38.8 Å². The predicted octanol–water partition coefficient (Wildman–Crippen LogP) is -0.153. The van der Waals surface area contributed by atoms with Crippen molar-refractivity contribution in [3.8, 4) is 0 Å². The van der Waals surface area contributed by atoms with Crippen LogP contribution >= 0.6 is 0 Å². The van der Waals surface area contributed by atoms with Gasteiger partial charge in [0.1, 0.15) is 6.10 Å². The average Bonchev–Trinajstić information content (AvgIpc) is 2.36. The molecule has 0 aromatic carbocycles. The minimum Gasteiger partial charge on any atom is -0.368 e.